The van der Waals surface area contributed by atoms with Crippen molar-refractivity contribution in [2.24, 2.45) is 0 Å². The van der Waals surface area contributed by atoms with Gasteiger partial charge in [-0.2, -0.15) is 13.2 Å². The highest BCUT2D eigenvalue weighted by Gasteiger charge is 2.31. The molecular weight excluding hydrogens is 271 g/mol. The van der Waals surface area contributed by atoms with Crippen LogP contribution in [0.2, 0.25) is 0 Å². The molecule has 0 aliphatic carbocycles. The van der Waals surface area contributed by atoms with Crippen molar-refractivity contribution in [1.82, 2.24) is 4.90 Å². The highest BCUT2D eigenvalue weighted by Crippen LogP contribution is 2.18. The molecule has 0 N–H and O–H groups in total. The van der Waals surface area contributed by atoms with Crippen LogP contribution in [0, 0.1) is 0 Å². The van der Waals surface area contributed by atoms with Crippen molar-refractivity contribution < 1.29 is 13.2 Å². The van der Waals surface area contributed by atoms with Gasteiger partial charge in [0, 0.05) is 11.4 Å². The van der Waals surface area contributed by atoms with Gasteiger partial charge < -0.3 is 0 Å². The number of hydrogen-bond acceptors (Lipinski definition) is 1. The number of nitrogens with zero attached hydrogens (tertiary/aromatic N) is 1. The quantitative estimate of drug-likeness (QED) is 0.509. The molecule has 0 aromatic heterocycles. The lowest BCUT2D eigenvalue weighted by Gasteiger charge is -2.27. The van der Waals surface area contributed by atoms with Crippen LogP contribution in [-0.2, 0) is 0 Å². The molecule has 0 aliphatic heterocycles. The smallest absolute Gasteiger partial charge is 0.293 e. The Morgan fingerprint density at radius 3 is 2.13 bits per heavy atom. The Labute approximate surface area is 98.1 Å². The summed E-state index contributed by atoms with van der Waals surface area (Å²) in [6.45, 7) is 3.34. The highest BCUT2D eigenvalue weighted by molar-refractivity contribution is 9.09. The van der Waals surface area contributed by atoms with Crippen LogP contribution in [0.25, 0.3) is 0 Å². The van der Waals surface area contributed by atoms with Crippen LogP contribution in [0.15, 0.2) is 0 Å². The van der Waals surface area contributed by atoms with E-state index in [1.165, 1.54) is 4.90 Å². The van der Waals surface area contributed by atoms with E-state index in [-0.39, 0.29) is 6.04 Å². The first-order valence-corrected chi connectivity index (χ1v) is 6.35. The lowest BCUT2D eigenvalue weighted by molar-refractivity contribution is -0.149. The predicted molar refractivity (Wildman–Crippen MR) is 60.4 cm³/mol. The summed E-state index contributed by atoms with van der Waals surface area (Å²) in [5.41, 5.74) is 0. The number of alkyl halides is 4. The minimum absolute atomic E-state index is 0.0457. The molecule has 0 saturated heterocycles. The Balaban J connectivity index is 3.84. The van der Waals surface area contributed by atoms with Crippen LogP contribution in [0.3, 0.4) is 0 Å². The summed E-state index contributed by atoms with van der Waals surface area (Å²) >= 11 is 3.30. The average molecular weight is 290 g/mol. The van der Waals surface area contributed by atoms with Gasteiger partial charge in [0.15, 0.2) is 0 Å². The van der Waals surface area contributed by atoms with E-state index in [1.807, 2.05) is 0 Å². The molecule has 0 saturated carbocycles. The summed E-state index contributed by atoms with van der Waals surface area (Å²) in [4.78, 5) is 1.48. The molecule has 0 bridgehead atoms. The van der Waals surface area contributed by atoms with Gasteiger partial charge in [0.25, 0.3) is 0 Å². The lowest BCUT2D eigenvalue weighted by Crippen LogP contribution is -2.39. The Morgan fingerprint density at radius 2 is 1.73 bits per heavy atom. The maximum absolute atomic E-state index is 12.2. The van der Waals surface area contributed by atoms with Gasteiger partial charge in [-0.05, 0) is 33.2 Å². The van der Waals surface area contributed by atoms with Crippen molar-refractivity contribution in [2.75, 3.05) is 18.4 Å². The van der Waals surface area contributed by atoms with Crippen LogP contribution in [-0.4, -0.2) is 35.5 Å². The molecule has 0 aliphatic rings. The maximum Gasteiger partial charge on any atom is 0.401 e. The fourth-order valence-corrected chi connectivity index (χ4v) is 1.73. The highest BCUT2D eigenvalue weighted by atomic mass is 79.9. The zero-order chi connectivity index (χ0) is 11.9. The van der Waals surface area contributed by atoms with E-state index >= 15 is 0 Å². The van der Waals surface area contributed by atoms with Crippen molar-refractivity contribution >= 4 is 15.9 Å². The maximum atomic E-state index is 12.2. The summed E-state index contributed by atoms with van der Waals surface area (Å²) in [7, 11) is 0. The third-order valence-corrected chi connectivity index (χ3v) is 2.75. The number of hydrogen-bond donors (Lipinski definition) is 0. The van der Waals surface area contributed by atoms with E-state index in [0.717, 1.165) is 24.6 Å². The molecule has 92 valence electrons. The average Bonchev–Trinajstić information content (AvgIpc) is 2.08. The molecule has 1 nitrogen and oxygen atoms in total. The fourth-order valence-electron chi connectivity index (χ4n) is 1.34. The molecule has 0 aromatic rings. The molecule has 0 heterocycles. The third-order valence-electron chi connectivity index (χ3n) is 2.19. The Bertz CT molecular complexity index is 159. The van der Waals surface area contributed by atoms with Gasteiger partial charge in [0.2, 0.25) is 0 Å². The molecule has 0 radical (unpaired) electrons. The molecule has 0 aromatic carbocycles. The lowest BCUT2D eigenvalue weighted by atomic mass is 10.2. The molecule has 0 unspecified atom stereocenters. The predicted octanol–water partition coefficient (Wildman–Crippen LogP) is 3.82. The van der Waals surface area contributed by atoms with Gasteiger partial charge in [-0.15, -0.1) is 0 Å². The zero-order valence-electron chi connectivity index (χ0n) is 9.28. The summed E-state index contributed by atoms with van der Waals surface area (Å²) in [6, 6.07) is -0.0457. The first-order chi connectivity index (χ1) is 6.87. The van der Waals surface area contributed by atoms with E-state index in [1.54, 1.807) is 13.8 Å². The van der Waals surface area contributed by atoms with Crippen LogP contribution in [0.1, 0.15) is 33.1 Å². The number of unbranched alkanes of at least 4 members (excludes halogenated alkanes) is 2. The number of rotatable bonds is 7. The molecule has 0 rings (SSSR count). The second kappa shape index (κ2) is 7.49. The Hall–Kier alpha value is 0.230. The van der Waals surface area contributed by atoms with Crippen LogP contribution >= 0.6 is 15.9 Å². The van der Waals surface area contributed by atoms with Gasteiger partial charge >= 0.3 is 6.18 Å². The van der Waals surface area contributed by atoms with E-state index in [2.05, 4.69) is 15.9 Å². The largest absolute Gasteiger partial charge is 0.401 e. The van der Waals surface area contributed by atoms with E-state index in [9.17, 15) is 13.2 Å². The Morgan fingerprint density at radius 1 is 1.13 bits per heavy atom. The van der Waals surface area contributed by atoms with E-state index < -0.39 is 12.7 Å². The summed E-state index contributed by atoms with van der Waals surface area (Å²) in [5, 5.41) is 0.925. The minimum atomic E-state index is -4.08. The minimum Gasteiger partial charge on any atom is -0.293 e. The second-order valence-corrected chi connectivity index (χ2v) is 4.72. The first-order valence-electron chi connectivity index (χ1n) is 5.23. The van der Waals surface area contributed by atoms with Gasteiger partial charge in [-0.1, -0.05) is 22.4 Å². The van der Waals surface area contributed by atoms with Gasteiger partial charge in [-0.3, -0.25) is 4.90 Å². The molecule has 0 atom stereocenters. The van der Waals surface area contributed by atoms with Gasteiger partial charge in [0.1, 0.15) is 0 Å². The van der Waals surface area contributed by atoms with Crippen molar-refractivity contribution in [3.8, 4) is 0 Å². The molecule has 15 heavy (non-hydrogen) atoms. The second-order valence-electron chi connectivity index (χ2n) is 3.93. The normalized spacial score (nSPS) is 12.8. The van der Waals surface area contributed by atoms with E-state index in [0.29, 0.717) is 6.54 Å². The SMILES string of the molecule is CC(C)N(CCCCCBr)CC(F)(F)F. The topological polar surface area (TPSA) is 3.24 Å². The molecule has 0 fully saturated rings. The van der Waals surface area contributed by atoms with Crippen molar-refractivity contribution in [1.29, 1.82) is 0 Å². The molecular formula is C10H19BrF3N. The van der Waals surface area contributed by atoms with Crippen molar-refractivity contribution in [2.45, 2.75) is 45.3 Å². The zero-order valence-corrected chi connectivity index (χ0v) is 10.9. The van der Waals surface area contributed by atoms with Crippen LogP contribution in [0.5, 0.6) is 0 Å². The standard InChI is InChI=1S/C10H19BrF3N/c1-9(2)15(8-10(12,13)14)7-5-3-4-6-11/h9H,3-8H2,1-2H3. The van der Waals surface area contributed by atoms with E-state index in [4.69, 9.17) is 0 Å². The summed E-state index contributed by atoms with van der Waals surface area (Å²) < 4.78 is 36.6. The molecule has 0 spiro atoms. The van der Waals surface area contributed by atoms with Gasteiger partial charge in [-0.25, -0.2) is 0 Å². The molecule has 0 amide bonds. The summed E-state index contributed by atoms with van der Waals surface area (Å²) in [5.74, 6) is 0. The van der Waals surface area contributed by atoms with Gasteiger partial charge in [0.05, 0.1) is 6.54 Å². The number of halogens is 4. The third kappa shape index (κ3) is 9.18. The van der Waals surface area contributed by atoms with Crippen molar-refractivity contribution in [3.05, 3.63) is 0 Å². The monoisotopic (exact) mass is 289 g/mol. The van der Waals surface area contributed by atoms with Crippen molar-refractivity contribution in [3.63, 3.8) is 0 Å². The van der Waals surface area contributed by atoms with Crippen LogP contribution in [0.4, 0.5) is 13.2 Å². The van der Waals surface area contributed by atoms with Crippen LogP contribution < -0.4 is 0 Å². The summed E-state index contributed by atoms with van der Waals surface area (Å²) in [6.07, 6.45) is -1.25. The molecule has 5 heteroatoms. The fraction of sp³-hybridized carbons (Fsp3) is 1.00. The first kappa shape index (κ1) is 15.2. The Kier molecular flexibility index (Phi) is 7.61.